The molecule has 1 amide bonds. The molecule has 0 bridgehead atoms. The van der Waals surface area contributed by atoms with Crippen LogP contribution in [0.15, 0.2) is 42.5 Å². The maximum atomic E-state index is 12.8. The number of hydrogen-bond donors (Lipinski definition) is 0. The predicted octanol–water partition coefficient (Wildman–Crippen LogP) is 3.91. The molecule has 0 saturated carbocycles. The van der Waals surface area contributed by atoms with Gasteiger partial charge < -0.3 is 4.90 Å². The SMILES string of the molecule is Cc1ccc(C)c(C(=O)N2CCN(Cc3ccc(Cl)cc3)CC2)c1. The first-order valence-corrected chi connectivity index (χ1v) is 8.74. The predicted molar refractivity (Wildman–Crippen MR) is 98.5 cm³/mol. The van der Waals surface area contributed by atoms with E-state index in [1.165, 1.54) is 5.56 Å². The molecule has 0 N–H and O–H groups in total. The van der Waals surface area contributed by atoms with Gasteiger partial charge in [0, 0.05) is 43.3 Å². The smallest absolute Gasteiger partial charge is 0.254 e. The third-order valence-electron chi connectivity index (χ3n) is 4.60. The van der Waals surface area contributed by atoms with Crippen molar-refractivity contribution in [2.24, 2.45) is 0 Å². The molecule has 4 heteroatoms. The van der Waals surface area contributed by atoms with Crippen molar-refractivity contribution in [3.63, 3.8) is 0 Å². The summed E-state index contributed by atoms with van der Waals surface area (Å²) in [5.74, 6) is 0.155. The summed E-state index contributed by atoms with van der Waals surface area (Å²) < 4.78 is 0. The van der Waals surface area contributed by atoms with Crippen LogP contribution in [-0.2, 0) is 6.54 Å². The van der Waals surface area contributed by atoms with Gasteiger partial charge in [0.15, 0.2) is 0 Å². The van der Waals surface area contributed by atoms with E-state index in [1.807, 2.05) is 43.0 Å². The molecular weight excluding hydrogens is 320 g/mol. The average molecular weight is 343 g/mol. The first-order valence-electron chi connectivity index (χ1n) is 8.36. The van der Waals surface area contributed by atoms with Crippen LogP contribution in [0.4, 0.5) is 0 Å². The van der Waals surface area contributed by atoms with Gasteiger partial charge in [-0.25, -0.2) is 0 Å². The summed E-state index contributed by atoms with van der Waals surface area (Å²) in [6.45, 7) is 8.30. The summed E-state index contributed by atoms with van der Waals surface area (Å²) in [5.41, 5.74) is 4.27. The molecule has 0 unspecified atom stereocenters. The molecule has 126 valence electrons. The van der Waals surface area contributed by atoms with Gasteiger partial charge in [-0.1, -0.05) is 41.4 Å². The highest BCUT2D eigenvalue weighted by molar-refractivity contribution is 6.30. The van der Waals surface area contributed by atoms with Crippen molar-refractivity contribution in [2.75, 3.05) is 26.2 Å². The third kappa shape index (κ3) is 3.97. The number of aryl methyl sites for hydroxylation is 2. The van der Waals surface area contributed by atoms with Crippen molar-refractivity contribution in [1.29, 1.82) is 0 Å². The Hall–Kier alpha value is -1.84. The van der Waals surface area contributed by atoms with E-state index in [-0.39, 0.29) is 5.91 Å². The van der Waals surface area contributed by atoms with Crippen molar-refractivity contribution in [3.8, 4) is 0 Å². The summed E-state index contributed by atoms with van der Waals surface area (Å²) in [4.78, 5) is 17.1. The number of nitrogens with zero attached hydrogens (tertiary/aromatic N) is 2. The first-order chi connectivity index (χ1) is 11.5. The molecule has 0 aromatic heterocycles. The highest BCUT2D eigenvalue weighted by Crippen LogP contribution is 2.16. The van der Waals surface area contributed by atoms with Crippen LogP contribution in [0, 0.1) is 13.8 Å². The quantitative estimate of drug-likeness (QED) is 0.844. The molecule has 0 aliphatic carbocycles. The molecular formula is C20H23ClN2O. The summed E-state index contributed by atoms with van der Waals surface area (Å²) in [7, 11) is 0. The molecule has 24 heavy (non-hydrogen) atoms. The second-order valence-corrected chi connectivity index (χ2v) is 6.95. The fourth-order valence-corrected chi connectivity index (χ4v) is 3.22. The summed E-state index contributed by atoms with van der Waals surface area (Å²) in [6.07, 6.45) is 0. The number of hydrogen-bond acceptors (Lipinski definition) is 2. The molecule has 1 heterocycles. The van der Waals surface area contributed by atoms with Crippen LogP contribution in [0.3, 0.4) is 0 Å². The van der Waals surface area contributed by atoms with Gasteiger partial charge >= 0.3 is 0 Å². The minimum absolute atomic E-state index is 0.155. The highest BCUT2D eigenvalue weighted by atomic mass is 35.5. The lowest BCUT2D eigenvalue weighted by Crippen LogP contribution is -2.48. The molecule has 1 saturated heterocycles. The van der Waals surface area contributed by atoms with Crippen molar-refractivity contribution in [3.05, 3.63) is 69.7 Å². The lowest BCUT2D eigenvalue weighted by Gasteiger charge is -2.35. The van der Waals surface area contributed by atoms with E-state index in [0.717, 1.165) is 54.4 Å². The molecule has 3 rings (SSSR count). The fraction of sp³-hybridized carbons (Fsp3) is 0.350. The number of carbonyl (C=O) groups is 1. The van der Waals surface area contributed by atoms with E-state index in [9.17, 15) is 4.79 Å². The Morgan fingerprint density at radius 2 is 1.67 bits per heavy atom. The zero-order valence-electron chi connectivity index (χ0n) is 14.3. The Bertz CT molecular complexity index is 719. The Labute approximate surface area is 148 Å². The molecule has 1 fully saturated rings. The van der Waals surface area contributed by atoms with E-state index in [4.69, 9.17) is 11.6 Å². The van der Waals surface area contributed by atoms with Crippen LogP contribution in [-0.4, -0.2) is 41.9 Å². The van der Waals surface area contributed by atoms with Crippen molar-refractivity contribution >= 4 is 17.5 Å². The average Bonchev–Trinajstić information content (AvgIpc) is 2.59. The highest BCUT2D eigenvalue weighted by Gasteiger charge is 2.23. The van der Waals surface area contributed by atoms with E-state index in [0.29, 0.717) is 0 Å². The minimum Gasteiger partial charge on any atom is -0.336 e. The zero-order valence-corrected chi connectivity index (χ0v) is 15.0. The molecule has 0 atom stereocenters. The lowest BCUT2D eigenvalue weighted by atomic mass is 10.0. The molecule has 1 aliphatic heterocycles. The topological polar surface area (TPSA) is 23.6 Å². The molecule has 3 nitrogen and oxygen atoms in total. The van der Waals surface area contributed by atoms with Crippen LogP contribution in [0.25, 0.3) is 0 Å². The van der Waals surface area contributed by atoms with Crippen LogP contribution < -0.4 is 0 Å². The van der Waals surface area contributed by atoms with Gasteiger partial charge in [0.2, 0.25) is 0 Å². The first kappa shape index (κ1) is 17.0. The second-order valence-electron chi connectivity index (χ2n) is 6.51. The number of benzene rings is 2. The van der Waals surface area contributed by atoms with E-state index < -0.39 is 0 Å². The standard InChI is InChI=1S/C20H23ClN2O/c1-15-3-4-16(2)19(13-15)20(24)23-11-9-22(10-12-23)14-17-5-7-18(21)8-6-17/h3-8,13H,9-12,14H2,1-2H3. The van der Waals surface area contributed by atoms with E-state index in [2.05, 4.69) is 23.1 Å². The van der Waals surface area contributed by atoms with Gasteiger partial charge in [-0.3, -0.25) is 9.69 Å². The number of halogens is 1. The van der Waals surface area contributed by atoms with Gasteiger partial charge in [0.05, 0.1) is 0 Å². The molecule has 1 aliphatic rings. The molecule has 2 aromatic rings. The number of rotatable bonds is 3. The Balaban J connectivity index is 1.59. The normalized spacial score (nSPS) is 15.5. The van der Waals surface area contributed by atoms with Crippen molar-refractivity contribution < 1.29 is 4.79 Å². The van der Waals surface area contributed by atoms with Gasteiger partial charge in [-0.15, -0.1) is 0 Å². The Kier molecular flexibility index (Phi) is 5.22. The summed E-state index contributed by atoms with van der Waals surface area (Å²) >= 11 is 5.93. The number of carbonyl (C=O) groups excluding carboxylic acids is 1. The maximum absolute atomic E-state index is 12.8. The van der Waals surface area contributed by atoms with E-state index >= 15 is 0 Å². The minimum atomic E-state index is 0.155. The lowest BCUT2D eigenvalue weighted by molar-refractivity contribution is 0.0627. The largest absolute Gasteiger partial charge is 0.336 e. The Morgan fingerprint density at radius 3 is 2.33 bits per heavy atom. The van der Waals surface area contributed by atoms with Crippen LogP contribution in [0.5, 0.6) is 0 Å². The van der Waals surface area contributed by atoms with Crippen molar-refractivity contribution in [2.45, 2.75) is 20.4 Å². The monoisotopic (exact) mass is 342 g/mol. The van der Waals surface area contributed by atoms with Gasteiger partial charge in [-0.05, 0) is 43.2 Å². The van der Waals surface area contributed by atoms with Crippen molar-refractivity contribution in [1.82, 2.24) is 9.80 Å². The van der Waals surface area contributed by atoms with Gasteiger partial charge in [0.25, 0.3) is 5.91 Å². The van der Waals surface area contributed by atoms with Gasteiger partial charge in [0.1, 0.15) is 0 Å². The fourth-order valence-electron chi connectivity index (χ4n) is 3.09. The van der Waals surface area contributed by atoms with Crippen LogP contribution >= 0.6 is 11.6 Å². The zero-order chi connectivity index (χ0) is 17.1. The second kappa shape index (κ2) is 7.37. The Morgan fingerprint density at radius 1 is 1.00 bits per heavy atom. The number of piperazine rings is 1. The summed E-state index contributed by atoms with van der Waals surface area (Å²) in [5, 5.41) is 0.766. The van der Waals surface area contributed by atoms with Crippen LogP contribution in [0.2, 0.25) is 5.02 Å². The number of amides is 1. The van der Waals surface area contributed by atoms with Gasteiger partial charge in [-0.2, -0.15) is 0 Å². The third-order valence-corrected chi connectivity index (χ3v) is 4.85. The molecule has 0 spiro atoms. The van der Waals surface area contributed by atoms with Crippen LogP contribution in [0.1, 0.15) is 27.0 Å². The van der Waals surface area contributed by atoms with E-state index in [1.54, 1.807) is 0 Å². The summed E-state index contributed by atoms with van der Waals surface area (Å²) in [6, 6.07) is 14.1. The molecule has 0 radical (unpaired) electrons. The molecule has 2 aromatic carbocycles. The maximum Gasteiger partial charge on any atom is 0.254 e.